The van der Waals surface area contributed by atoms with Crippen molar-refractivity contribution >= 4 is 5.91 Å². The topological polar surface area (TPSA) is 20.3 Å². The van der Waals surface area contributed by atoms with E-state index in [-0.39, 0.29) is 11.3 Å². The summed E-state index contributed by atoms with van der Waals surface area (Å²) in [6.45, 7) is 10.3. The molecule has 2 nitrogen and oxygen atoms in total. The quantitative estimate of drug-likeness (QED) is 0.568. The Morgan fingerprint density at radius 3 is 2.15 bits per heavy atom. The molecular formula is C11H19NO. The van der Waals surface area contributed by atoms with Crippen LogP contribution in [-0.4, -0.2) is 23.9 Å². The van der Waals surface area contributed by atoms with E-state index in [1.807, 2.05) is 11.8 Å². The van der Waals surface area contributed by atoms with E-state index in [4.69, 9.17) is 0 Å². The monoisotopic (exact) mass is 181 g/mol. The van der Waals surface area contributed by atoms with Crippen molar-refractivity contribution in [3.8, 4) is 0 Å². The molecular weight excluding hydrogens is 162 g/mol. The predicted octanol–water partition coefficient (Wildman–Crippen LogP) is 2.21. The van der Waals surface area contributed by atoms with Crippen LogP contribution in [0.1, 0.15) is 34.1 Å². The van der Waals surface area contributed by atoms with E-state index >= 15 is 0 Å². The second-order valence-electron chi connectivity index (χ2n) is 4.76. The van der Waals surface area contributed by atoms with Crippen molar-refractivity contribution in [3.05, 3.63) is 11.6 Å². The summed E-state index contributed by atoms with van der Waals surface area (Å²) in [7, 11) is 0. The Morgan fingerprint density at radius 2 is 1.85 bits per heavy atom. The zero-order valence-electron chi connectivity index (χ0n) is 9.05. The molecule has 0 saturated carbocycles. The van der Waals surface area contributed by atoms with Gasteiger partial charge in [0.25, 0.3) is 0 Å². The van der Waals surface area contributed by atoms with Crippen LogP contribution in [-0.2, 0) is 4.79 Å². The molecule has 0 aliphatic carbocycles. The third-order valence-corrected chi connectivity index (χ3v) is 2.69. The minimum absolute atomic E-state index is 0.112. The lowest BCUT2D eigenvalue weighted by Crippen LogP contribution is -2.41. The Labute approximate surface area is 80.6 Å². The van der Waals surface area contributed by atoms with Gasteiger partial charge >= 0.3 is 0 Å². The molecule has 1 amide bonds. The molecule has 0 bridgehead atoms. The average molecular weight is 181 g/mol. The van der Waals surface area contributed by atoms with Crippen LogP contribution in [0.2, 0.25) is 0 Å². The molecule has 1 aliphatic heterocycles. The molecule has 0 aromatic rings. The fourth-order valence-corrected chi connectivity index (χ4v) is 1.03. The van der Waals surface area contributed by atoms with Gasteiger partial charge in [-0.3, -0.25) is 4.79 Å². The highest BCUT2D eigenvalue weighted by molar-refractivity contribution is 5.88. The first-order valence-electron chi connectivity index (χ1n) is 4.89. The summed E-state index contributed by atoms with van der Waals surface area (Å²) in [6, 6.07) is 0. The first-order chi connectivity index (χ1) is 5.91. The van der Waals surface area contributed by atoms with Crippen molar-refractivity contribution in [1.29, 1.82) is 0 Å². The largest absolute Gasteiger partial charge is 0.339 e. The van der Waals surface area contributed by atoms with Gasteiger partial charge in [-0.1, -0.05) is 26.3 Å². The summed E-state index contributed by atoms with van der Waals surface area (Å²) in [5, 5.41) is 0. The third-order valence-electron chi connectivity index (χ3n) is 2.69. The highest BCUT2D eigenvalue weighted by Gasteiger charge is 2.20. The number of carbonyl (C=O) groups is 1. The fourth-order valence-electron chi connectivity index (χ4n) is 1.03. The zero-order valence-corrected chi connectivity index (χ0v) is 9.05. The molecule has 0 spiro atoms. The lowest BCUT2D eigenvalue weighted by atomic mass is 9.87. The molecule has 74 valence electrons. The maximum atomic E-state index is 11.5. The predicted molar refractivity (Wildman–Crippen MR) is 54.4 cm³/mol. The van der Waals surface area contributed by atoms with Crippen LogP contribution in [0.15, 0.2) is 11.6 Å². The third kappa shape index (κ3) is 2.58. The van der Waals surface area contributed by atoms with Crippen LogP contribution in [0.3, 0.4) is 0 Å². The summed E-state index contributed by atoms with van der Waals surface area (Å²) < 4.78 is 0. The standard InChI is InChI=1S/C11H19NO/c1-9(11(2,3)4)8-10(13)12-6-5-7-12/h8H,5-7H2,1-4H3/b9-8+. The molecule has 0 aromatic carbocycles. The summed E-state index contributed by atoms with van der Waals surface area (Å²) in [5.74, 6) is 0.179. The number of amides is 1. The van der Waals surface area contributed by atoms with Gasteiger partial charge in [0.05, 0.1) is 0 Å². The fraction of sp³-hybridized carbons (Fsp3) is 0.727. The van der Waals surface area contributed by atoms with Gasteiger partial charge in [-0.25, -0.2) is 0 Å². The number of allylic oxidation sites excluding steroid dienone is 1. The molecule has 0 aromatic heterocycles. The van der Waals surface area contributed by atoms with Gasteiger partial charge < -0.3 is 4.90 Å². The number of nitrogens with zero attached hydrogens (tertiary/aromatic N) is 1. The van der Waals surface area contributed by atoms with Crippen LogP contribution in [0, 0.1) is 5.41 Å². The Bertz CT molecular complexity index is 231. The molecule has 2 heteroatoms. The van der Waals surface area contributed by atoms with Gasteiger partial charge in [-0.2, -0.15) is 0 Å². The van der Waals surface area contributed by atoms with E-state index in [0.29, 0.717) is 0 Å². The molecule has 1 heterocycles. The molecule has 0 radical (unpaired) electrons. The minimum Gasteiger partial charge on any atom is -0.339 e. The molecule has 13 heavy (non-hydrogen) atoms. The number of rotatable bonds is 1. The van der Waals surface area contributed by atoms with Gasteiger partial charge in [0, 0.05) is 19.2 Å². The first kappa shape index (κ1) is 10.3. The minimum atomic E-state index is 0.112. The second kappa shape index (κ2) is 3.52. The number of likely N-dealkylation sites (tertiary alicyclic amines) is 1. The second-order valence-corrected chi connectivity index (χ2v) is 4.76. The average Bonchev–Trinajstić information content (AvgIpc) is 1.79. The van der Waals surface area contributed by atoms with Gasteiger partial charge in [0.1, 0.15) is 0 Å². The summed E-state index contributed by atoms with van der Waals surface area (Å²) in [6.07, 6.45) is 2.94. The molecule has 1 saturated heterocycles. The maximum absolute atomic E-state index is 11.5. The van der Waals surface area contributed by atoms with E-state index in [1.54, 1.807) is 6.08 Å². The van der Waals surface area contributed by atoms with Crippen molar-refractivity contribution in [3.63, 3.8) is 0 Å². The Morgan fingerprint density at radius 1 is 1.31 bits per heavy atom. The summed E-state index contributed by atoms with van der Waals surface area (Å²) in [4.78, 5) is 13.4. The number of carbonyl (C=O) groups excluding carboxylic acids is 1. The van der Waals surface area contributed by atoms with E-state index in [9.17, 15) is 4.79 Å². The molecule has 1 fully saturated rings. The SMILES string of the molecule is C/C(=C\C(=O)N1CCC1)C(C)(C)C. The van der Waals surface area contributed by atoms with Crippen LogP contribution in [0.25, 0.3) is 0 Å². The lowest BCUT2D eigenvalue weighted by Gasteiger charge is -2.30. The highest BCUT2D eigenvalue weighted by Crippen LogP contribution is 2.24. The summed E-state index contributed by atoms with van der Waals surface area (Å²) >= 11 is 0. The number of hydrogen-bond acceptors (Lipinski definition) is 1. The first-order valence-corrected chi connectivity index (χ1v) is 4.89. The van der Waals surface area contributed by atoms with E-state index in [1.165, 1.54) is 0 Å². The van der Waals surface area contributed by atoms with Crippen LogP contribution >= 0.6 is 0 Å². The highest BCUT2D eigenvalue weighted by atomic mass is 16.2. The zero-order chi connectivity index (χ0) is 10.1. The van der Waals surface area contributed by atoms with Gasteiger partial charge in [0.15, 0.2) is 0 Å². The Kier molecular flexibility index (Phi) is 2.79. The van der Waals surface area contributed by atoms with Crippen molar-refractivity contribution in [2.45, 2.75) is 34.1 Å². The van der Waals surface area contributed by atoms with Crippen LogP contribution in [0.5, 0.6) is 0 Å². The van der Waals surface area contributed by atoms with Gasteiger partial charge in [-0.15, -0.1) is 0 Å². The molecule has 0 atom stereocenters. The van der Waals surface area contributed by atoms with Gasteiger partial charge in [0.2, 0.25) is 5.91 Å². The molecule has 1 aliphatic rings. The number of hydrogen-bond donors (Lipinski definition) is 0. The Balaban J connectivity index is 2.58. The van der Waals surface area contributed by atoms with E-state index < -0.39 is 0 Å². The normalized spacial score (nSPS) is 18.5. The maximum Gasteiger partial charge on any atom is 0.246 e. The molecule has 1 rings (SSSR count). The van der Waals surface area contributed by atoms with Gasteiger partial charge in [-0.05, 0) is 18.8 Å². The van der Waals surface area contributed by atoms with Crippen molar-refractivity contribution in [2.24, 2.45) is 5.41 Å². The van der Waals surface area contributed by atoms with Crippen LogP contribution < -0.4 is 0 Å². The molecule has 0 unspecified atom stereocenters. The Hall–Kier alpha value is -0.790. The van der Waals surface area contributed by atoms with Crippen molar-refractivity contribution in [2.75, 3.05) is 13.1 Å². The van der Waals surface area contributed by atoms with Crippen molar-refractivity contribution < 1.29 is 4.79 Å². The van der Waals surface area contributed by atoms with Crippen molar-refractivity contribution in [1.82, 2.24) is 4.90 Å². The molecule has 0 N–H and O–H groups in total. The van der Waals surface area contributed by atoms with E-state index in [0.717, 1.165) is 25.1 Å². The van der Waals surface area contributed by atoms with E-state index in [2.05, 4.69) is 20.8 Å². The smallest absolute Gasteiger partial charge is 0.246 e. The summed E-state index contributed by atoms with van der Waals surface area (Å²) in [5.41, 5.74) is 1.27. The lowest BCUT2D eigenvalue weighted by molar-refractivity contribution is -0.129. The van der Waals surface area contributed by atoms with Crippen LogP contribution in [0.4, 0.5) is 0 Å².